The molecule has 116 valence electrons. The molecule has 2 fully saturated rings. The van der Waals surface area contributed by atoms with Crippen molar-refractivity contribution in [2.75, 3.05) is 11.4 Å². The van der Waals surface area contributed by atoms with E-state index in [2.05, 4.69) is 15.1 Å². The Hall–Kier alpha value is -1.80. The maximum atomic E-state index is 11.7. The molecule has 2 aromatic rings. The average molecular weight is 319 g/mol. The first-order valence-electron chi connectivity index (χ1n) is 7.51. The third-order valence-corrected chi connectivity index (χ3v) is 5.25. The highest BCUT2D eigenvalue weighted by Crippen LogP contribution is 2.37. The van der Waals surface area contributed by atoms with Crippen LogP contribution in [-0.4, -0.2) is 27.6 Å². The summed E-state index contributed by atoms with van der Waals surface area (Å²) >= 11 is 1.48. The molecular formula is C14H17N5O2S. The van der Waals surface area contributed by atoms with Crippen molar-refractivity contribution in [2.45, 2.75) is 44.1 Å². The Morgan fingerprint density at radius 1 is 1.36 bits per heavy atom. The second-order valence-electron chi connectivity index (χ2n) is 5.97. The number of thiazole rings is 1. The van der Waals surface area contributed by atoms with Crippen molar-refractivity contribution in [3.05, 3.63) is 22.8 Å². The molecule has 4 rings (SSSR count). The van der Waals surface area contributed by atoms with Crippen molar-refractivity contribution >= 4 is 22.4 Å². The first-order valence-corrected chi connectivity index (χ1v) is 8.39. The molecule has 1 saturated carbocycles. The second kappa shape index (κ2) is 5.13. The van der Waals surface area contributed by atoms with Gasteiger partial charge >= 0.3 is 0 Å². The van der Waals surface area contributed by atoms with Gasteiger partial charge in [-0.3, -0.25) is 9.69 Å². The van der Waals surface area contributed by atoms with Gasteiger partial charge in [-0.1, -0.05) is 5.16 Å². The smallest absolute Gasteiger partial charge is 0.232 e. The Kier molecular flexibility index (Phi) is 3.23. The van der Waals surface area contributed by atoms with Gasteiger partial charge in [-0.25, -0.2) is 4.98 Å². The van der Waals surface area contributed by atoms with Gasteiger partial charge in [0.1, 0.15) is 0 Å². The fourth-order valence-corrected chi connectivity index (χ4v) is 3.68. The van der Waals surface area contributed by atoms with Crippen LogP contribution in [0.3, 0.4) is 0 Å². The number of hydrogen-bond donors (Lipinski definition) is 1. The van der Waals surface area contributed by atoms with Gasteiger partial charge < -0.3 is 10.3 Å². The van der Waals surface area contributed by atoms with Crippen LogP contribution in [0.4, 0.5) is 5.13 Å². The SMILES string of the molecule is NC1(c2noc(Cc3csc(N4CCCC4=O)n3)n2)CCC1. The topological polar surface area (TPSA) is 98.1 Å². The highest BCUT2D eigenvalue weighted by atomic mass is 32.1. The van der Waals surface area contributed by atoms with Crippen molar-refractivity contribution < 1.29 is 9.32 Å². The van der Waals surface area contributed by atoms with Gasteiger partial charge in [0.05, 0.1) is 17.7 Å². The van der Waals surface area contributed by atoms with Gasteiger partial charge in [0.2, 0.25) is 11.8 Å². The van der Waals surface area contributed by atoms with E-state index in [-0.39, 0.29) is 5.91 Å². The summed E-state index contributed by atoms with van der Waals surface area (Å²) in [6, 6.07) is 0. The van der Waals surface area contributed by atoms with Gasteiger partial charge in [0.25, 0.3) is 0 Å². The molecule has 0 spiro atoms. The molecule has 1 amide bonds. The Labute approximate surface area is 131 Å². The van der Waals surface area contributed by atoms with E-state index in [0.29, 0.717) is 24.6 Å². The van der Waals surface area contributed by atoms with Crippen molar-refractivity contribution in [1.29, 1.82) is 0 Å². The lowest BCUT2D eigenvalue weighted by Gasteiger charge is -2.34. The summed E-state index contributed by atoms with van der Waals surface area (Å²) in [6.45, 7) is 0.756. The Balaban J connectivity index is 1.47. The zero-order valence-corrected chi connectivity index (χ0v) is 12.9. The number of nitrogens with two attached hydrogens (primary N) is 1. The summed E-state index contributed by atoms with van der Waals surface area (Å²) in [5.74, 6) is 1.27. The Bertz CT molecular complexity index is 706. The summed E-state index contributed by atoms with van der Waals surface area (Å²) in [7, 11) is 0. The number of aromatic nitrogens is 3. The molecule has 0 aromatic carbocycles. The molecule has 0 bridgehead atoms. The van der Waals surface area contributed by atoms with E-state index in [0.717, 1.165) is 43.1 Å². The van der Waals surface area contributed by atoms with Crippen LogP contribution in [-0.2, 0) is 16.8 Å². The van der Waals surface area contributed by atoms with Gasteiger partial charge in [-0.15, -0.1) is 11.3 Å². The fourth-order valence-electron chi connectivity index (χ4n) is 2.82. The van der Waals surface area contributed by atoms with Gasteiger partial charge in [0, 0.05) is 18.3 Å². The molecular weight excluding hydrogens is 302 g/mol. The number of nitrogens with zero attached hydrogens (tertiary/aromatic N) is 4. The summed E-state index contributed by atoms with van der Waals surface area (Å²) in [6.07, 6.45) is 4.91. The molecule has 1 saturated heterocycles. The standard InChI is InChI=1S/C14H17N5O2S/c15-14(4-2-5-14)12-17-10(21-18-12)7-9-8-22-13(16-9)19-6-1-3-11(19)20/h8H,1-7,15H2. The van der Waals surface area contributed by atoms with Crippen LogP contribution in [0.2, 0.25) is 0 Å². The molecule has 1 aliphatic carbocycles. The van der Waals surface area contributed by atoms with Crippen LogP contribution >= 0.6 is 11.3 Å². The molecule has 2 N–H and O–H groups in total. The molecule has 2 aromatic heterocycles. The third-order valence-electron chi connectivity index (χ3n) is 4.34. The molecule has 7 nitrogen and oxygen atoms in total. The highest BCUT2D eigenvalue weighted by Gasteiger charge is 2.39. The van der Waals surface area contributed by atoms with Crippen LogP contribution < -0.4 is 10.6 Å². The summed E-state index contributed by atoms with van der Waals surface area (Å²) < 4.78 is 5.29. The van der Waals surface area contributed by atoms with Crippen LogP contribution in [0.1, 0.15) is 49.5 Å². The summed E-state index contributed by atoms with van der Waals surface area (Å²) in [4.78, 5) is 22.4. The van der Waals surface area contributed by atoms with E-state index in [1.54, 1.807) is 4.90 Å². The third kappa shape index (κ3) is 2.32. The molecule has 1 aliphatic heterocycles. The van der Waals surface area contributed by atoms with Gasteiger partial charge in [-0.05, 0) is 25.7 Å². The lowest BCUT2D eigenvalue weighted by molar-refractivity contribution is -0.117. The Morgan fingerprint density at radius 3 is 2.91 bits per heavy atom. The highest BCUT2D eigenvalue weighted by molar-refractivity contribution is 7.14. The predicted molar refractivity (Wildman–Crippen MR) is 80.5 cm³/mol. The minimum atomic E-state index is -0.406. The van der Waals surface area contributed by atoms with E-state index in [1.165, 1.54) is 11.3 Å². The average Bonchev–Trinajstić information content (AvgIpc) is 3.17. The number of amides is 1. The molecule has 0 unspecified atom stereocenters. The summed E-state index contributed by atoms with van der Waals surface area (Å²) in [5.41, 5.74) is 6.63. The number of carbonyl (C=O) groups is 1. The molecule has 2 aliphatic rings. The molecule has 0 radical (unpaired) electrons. The fraction of sp³-hybridized carbons (Fsp3) is 0.571. The predicted octanol–water partition coefficient (Wildman–Crippen LogP) is 1.58. The minimum absolute atomic E-state index is 0.149. The maximum Gasteiger partial charge on any atom is 0.232 e. The first-order chi connectivity index (χ1) is 10.6. The van der Waals surface area contributed by atoms with Crippen molar-refractivity contribution in [3.8, 4) is 0 Å². The van der Waals surface area contributed by atoms with Crippen molar-refractivity contribution in [3.63, 3.8) is 0 Å². The zero-order valence-electron chi connectivity index (χ0n) is 12.1. The second-order valence-corrected chi connectivity index (χ2v) is 6.81. The number of anilines is 1. The molecule has 0 atom stereocenters. The Morgan fingerprint density at radius 2 is 2.23 bits per heavy atom. The van der Waals surface area contributed by atoms with Crippen LogP contribution in [0, 0.1) is 0 Å². The largest absolute Gasteiger partial charge is 0.339 e. The van der Waals surface area contributed by atoms with Gasteiger partial charge in [-0.2, -0.15) is 4.98 Å². The normalized spacial score (nSPS) is 20.4. The molecule has 3 heterocycles. The number of rotatable bonds is 4. The van der Waals surface area contributed by atoms with Crippen LogP contribution in [0.5, 0.6) is 0 Å². The molecule has 8 heteroatoms. The van der Waals surface area contributed by atoms with E-state index in [9.17, 15) is 4.79 Å². The lowest BCUT2D eigenvalue weighted by atomic mass is 9.77. The minimum Gasteiger partial charge on any atom is -0.339 e. The van der Waals surface area contributed by atoms with Crippen LogP contribution in [0.25, 0.3) is 0 Å². The molecule has 22 heavy (non-hydrogen) atoms. The monoisotopic (exact) mass is 319 g/mol. The first kappa shape index (κ1) is 13.8. The lowest BCUT2D eigenvalue weighted by Crippen LogP contribution is -2.44. The quantitative estimate of drug-likeness (QED) is 0.918. The van der Waals surface area contributed by atoms with E-state index >= 15 is 0 Å². The number of hydrogen-bond acceptors (Lipinski definition) is 7. The van der Waals surface area contributed by atoms with E-state index < -0.39 is 5.54 Å². The zero-order chi connectivity index (χ0) is 15.2. The van der Waals surface area contributed by atoms with E-state index in [1.807, 2.05) is 5.38 Å². The number of carbonyl (C=O) groups excluding carboxylic acids is 1. The van der Waals surface area contributed by atoms with Gasteiger partial charge in [0.15, 0.2) is 11.0 Å². The van der Waals surface area contributed by atoms with Crippen molar-refractivity contribution in [2.24, 2.45) is 5.73 Å². The maximum absolute atomic E-state index is 11.7. The van der Waals surface area contributed by atoms with Crippen LogP contribution in [0.15, 0.2) is 9.90 Å². The van der Waals surface area contributed by atoms with Crippen molar-refractivity contribution in [1.82, 2.24) is 15.1 Å². The van der Waals surface area contributed by atoms with E-state index in [4.69, 9.17) is 10.3 Å². The summed E-state index contributed by atoms with van der Waals surface area (Å²) in [5, 5.41) is 6.70.